The van der Waals surface area contributed by atoms with Crippen molar-refractivity contribution in [1.29, 1.82) is 0 Å². The van der Waals surface area contributed by atoms with Gasteiger partial charge < -0.3 is 5.32 Å². The van der Waals surface area contributed by atoms with Crippen molar-refractivity contribution < 1.29 is 0 Å². The van der Waals surface area contributed by atoms with Crippen molar-refractivity contribution in [3.05, 3.63) is 50.9 Å². The van der Waals surface area contributed by atoms with Gasteiger partial charge in [-0.2, -0.15) is 0 Å². The lowest BCUT2D eigenvalue weighted by atomic mass is 10.1. The topological polar surface area (TPSA) is 24.9 Å². The van der Waals surface area contributed by atoms with Crippen molar-refractivity contribution >= 4 is 22.9 Å². The predicted octanol–water partition coefficient (Wildman–Crippen LogP) is 4.08. The standard InChI is InChI=1S/C15H19ClN2S/c1-3-14-9-18-15(19-14)10-17-11(2)8-12-4-6-13(16)7-5-12/h4-7,9,11,17H,3,8,10H2,1-2H3. The van der Waals surface area contributed by atoms with Gasteiger partial charge in [0.15, 0.2) is 0 Å². The Labute approximate surface area is 123 Å². The molecule has 0 spiro atoms. The molecule has 1 N–H and O–H groups in total. The van der Waals surface area contributed by atoms with Crippen molar-refractivity contribution in [2.45, 2.75) is 39.3 Å². The van der Waals surface area contributed by atoms with Crippen LogP contribution in [0.3, 0.4) is 0 Å². The summed E-state index contributed by atoms with van der Waals surface area (Å²) >= 11 is 7.68. The molecule has 1 atom stereocenters. The minimum absolute atomic E-state index is 0.426. The average molecular weight is 295 g/mol. The molecular formula is C15H19ClN2S. The third-order valence-corrected chi connectivity index (χ3v) is 4.40. The SMILES string of the molecule is CCc1cnc(CNC(C)Cc2ccc(Cl)cc2)s1. The number of thiazole rings is 1. The monoisotopic (exact) mass is 294 g/mol. The molecule has 19 heavy (non-hydrogen) atoms. The fourth-order valence-electron chi connectivity index (χ4n) is 1.90. The minimum atomic E-state index is 0.426. The molecule has 0 aliphatic heterocycles. The van der Waals surface area contributed by atoms with Crippen LogP contribution in [0.5, 0.6) is 0 Å². The second kappa shape index (κ2) is 7.04. The molecule has 0 saturated heterocycles. The van der Waals surface area contributed by atoms with Crippen LogP contribution in [0.1, 0.15) is 29.3 Å². The van der Waals surface area contributed by atoms with Crippen LogP contribution in [0.4, 0.5) is 0 Å². The maximum absolute atomic E-state index is 5.88. The molecule has 2 aromatic rings. The van der Waals surface area contributed by atoms with Crippen molar-refractivity contribution in [2.24, 2.45) is 0 Å². The van der Waals surface area contributed by atoms with Crippen molar-refractivity contribution in [3.8, 4) is 0 Å². The smallest absolute Gasteiger partial charge is 0.107 e. The van der Waals surface area contributed by atoms with Crippen molar-refractivity contribution in [3.63, 3.8) is 0 Å². The second-order valence-corrected chi connectivity index (χ2v) is 6.32. The number of benzene rings is 1. The molecule has 2 rings (SSSR count). The molecule has 1 aromatic carbocycles. The maximum atomic E-state index is 5.88. The Hall–Kier alpha value is -0.900. The molecule has 0 aliphatic carbocycles. The number of halogens is 1. The third kappa shape index (κ3) is 4.60. The van der Waals surface area contributed by atoms with E-state index in [0.717, 1.165) is 24.4 Å². The van der Waals surface area contributed by atoms with Gasteiger partial charge in [-0.1, -0.05) is 30.7 Å². The molecule has 102 valence electrons. The van der Waals surface area contributed by atoms with E-state index in [0.29, 0.717) is 6.04 Å². The summed E-state index contributed by atoms with van der Waals surface area (Å²) < 4.78 is 0. The average Bonchev–Trinajstić information content (AvgIpc) is 2.87. The normalized spacial score (nSPS) is 12.6. The summed E-state index contributed by atoms with van der Waals surface area (Å²) in [5, 5.41) is 5.47. The number of aromatic nitrogens is 1. The summed E-state index contributed by atoms with van der Waals surface area (Å²) in [5.41, 5.74) is 1.30. The molecule has 1 aromatic heterocycles. The van der Waals surface area contributed by atoms with E-state index in [1.165, 1.54) is 15.4 Å². The summed E-state index contributed by atoms with van der Waals surface area (Å²) in [6, 6.07) is 8.48. The first-order valence-electron chi connectivity index (χ1n) is 6.58. The van der Waals surface area contributed by atoms with Crippen molar-refractivity contribution in [2.75, 3.05) is 0 Å². The highest BCUT2D eigenvalue weighted by Crippen LogP contribution is 2.14. The zero-order chi connectivity index (χ0) is 13.7. The fraction of sp³-hybridized carbons (Fsp3) is 0.400. The van der Waals surface area contributed by atoms with Crippen LogP contribution in [0.25, 0.3) is 0 Å². The van der Waals surface area contributed by atoms with Crippen molar-refractivity contribution in [1.82, 2.24) is 10.3 Å². The van der Waals surface area contributed by atoms with Crippen LogP contribution < -0.4 is 5.32 Å². The lowest BCUT2D eigenvalue weighted by Gasteiger charge is -2.12. The zero-order valence-electron chi connectivity index (χ0n) is 11.3. The molecule has 4 heteroatoms. The molecule has 0 radical (unpaired) electrons. The van der Waals surface area contributed by atoms with E-state index >= 15 is 0 Å². The zero-order valence-corrected chi connectivity index (χ0v) is 12.9. The Bertz CT molecular complexity index is 507. The van der Waals surface area contributed by atoms with Gasteiger partial charge in [0.05, 0.1) is 0 Å². The first-order valence-corrected chi connectivity index (χ1v) is 7.78. The molecular weight excluding hydrogens is 276 g/mol. The van der Waals surface area contributed by atoms with Gasteiger partial charge in [0.1, 0.15) is 5.01 Å². The molecule has 2 nitrogen and oxygen atoms in total. The van der Waals surface area contributed by atoms with Gasteiger partial charge in [-0.3, -0.25) is 0 Å². The van der Waals surface area contributed by atoms with Crippen LogP contribution in [0, 0.1) is 0 Å². The van der Waals surface area contributed by atoms with E-state index in [4.69, 9.17) is 11.6 Å². The van der Waals surface area contributed by atoms with E-state index in [9.17, 15) is 0 Å². The van der Waals surface area contributed by atoms with E-state index in [1.807, 2.05) is 18.3 Å². The van der Waals surface area contributed by atoms with Gasteiger partial charge >= 0.3 is 0 Å². The quantitative estimate of drug-likeness (QED) is 0.868. The Morgan fingerprint density at radius 1 is 1.32 bits per heavy atom. The fourth-order valence-corrected chi connectivity index (χ4v) is 2.84. The molecule has 1 heterocycles. The van der Waals surface area contributed by atoms with Gasteiger partial charge in [0.2, 0.25) is 0 Å². The number of nitrogens with one attached hydrogen (secondary N) is 1. The Morgan fingerprint density at radius 3 is 2.68 bits per heavy atom. The van der Waals surface area contributed by atoms with Crippen LogP contribution in [-0.4, -0.2) is 11.0 Å². The van der Waals surface area contributed by atoms with Gasteiger partial charge in [-0.05, 0) is 37.5 Å². The molecule has 0 amide bonds. The van der Waals surface area contributed by atoms with E-state index in [-0.39, 0.29) is 0 Å². The summed E-state index contributed by atoms with van der Waals surface area (Å²) in [6.45, 7) is 5.20. The molecule has 1 unspecified atom stereocenters. The van der Waals surface area contributed by atoms with Gasteiger partial charge in [0.25, 0.3) is 0 Å². The van der Waals surface area contributed by atoms with E-state index < -0.39 is 0 Å². The predicted molar refractivity (Wildman–Crippen MR) is 82.9 cm³/mol. The molecule has 0 bridgehead atoms. The largest absolute Gasteiger partial charge is 0.308 e. The third-order valence-electron chi connectivity index (χ3n) is 3.01. The lowest BCUT2D eigenvalue weighted by molar-refractivity contribution is 0.544. The van der Waals surface area contributed by atoms with Crippen LogP contribution in [-0.2, 0) is 19.4 Å². The summed E-state index contributed by atoms with van der Waals surface area (Å²) in [5.74, 6) is 0. The number of rotatable bonds is 6. The first-order chi connectivity index (χ1) is 9.17. The van der Waals surface area contributed by atoms with Crippen LogP contribution in [0.15, 0.2) is 30.5 Å². The summed E-state index contributed by atoms with van der Waals surface area (Å²) in [4.78, 5) is 5.77. The summed E-state index contributed by atoms with van der Waals surface area (Å²) in [7, 11) is 0. The van der Waals surface area contributed by atoms with Gasteiger partial charge in [-0.15, -0.1) is 11.3 Å². The number of nitrogens with zero attached hydrogens (tertiary/aromatic N) is 1. The van der Waals surface area contributed by atoms with Gasteiger partial charge in [0, 0.05) is 28.7 Å². The Kier molecular flexibility index (Phi) is 5.37. The Balaban J connectivity index is 1.81. The molecule has 0 aliphatic rings. The number of hydrogen-bond acceptors (Lipinski definition) is 3. The maximum Gasteiger partial charge on any atom is 0.107 e. The second-order valence-electron chi connectivity index (χ2n) is 4.69. The summed E-state index contributed by atoms with van der Waals surface area (Å²) in [6.07, 6.45) is 4.05. The minimum Gasteiger partial charge on any atom is -0.308 e. The Morgan fingerprint density at radius 2 is 2.05 bits per heavy atom. The van der Waals surface area contributed by atoms with Gasteiger partial charge in [-0.25, -0.2) is 4.98 Å². The van der Waals surface area contributed by atoms with Crippen LogP contribution in [0.2, 0.25) is 5.02 Å². The number of hydrogen-bond donors (Lipinski definition) is 1. The first kappa shape index (κ1) is 14.5. The highest BCUT2D eigenvalue weighted by molar-refractivity contribution is 7.11. The van der Waals surface area contributed by atoms with E-state index in [2.05, 4.69) is 36.3 Å². The number of aryl methyl sites for hydroxylation is 1. The highest BCUT2D eigenvalue weighted by atomic mass is 35.5. The molecule has 0 saturated carbocycles. The molecule has 0 fully saturated rings. The lowest BCUT2D eigenvalue weighted by Crippen LogP contribution is -2.27. The van der Waals surface area contributed by atoms with E-state index in [1.54, 1.807) is 11.3 Å². The highest BCUT2D eigenvalue weighted by Gasteiger charge is 2.05. The van der Waals surface area contributed by atoms with Crippen LogP contribution >= 0.6 is 22.9 Å².